The number of carbonyl (C=O) groups excluding carboxylic acids is 1. The quantitative estimate of drug-likeness (QED) is 0.264. The number of para-hydroxylation sites is 1. The molecule has 1 aliphatic rings. The molecule has 4 aromatic rings. The van der Waals surface area contributed by atoms with E-state index in [1.54, 1.807) is 47.4 Å². The number of carbonyl (C=O) groups is 1. The summed E-state index contributed by atoms with van der Waals surface area (Å²) in [7, 11) is -3.40. The first kappa shape index (κ1) is 23.6. The molecular formula is C24H25N7O4S. The Labute approximate surface area is 208 Å². The summed E-state index contributed by atoms with van der Waals surface area (Å²) in [6.07, 6.45) is 3.32. The van der Waals surface area contributed by atoms with E-state index in [1.807, 2.05) is 38.1 Å². The van der Waals surface area contributed by atoms with Gasteiger partial charge in [-0.3, -0.25) is 18.6 Å². The standard InChI is InChI=1S/C24H25N7O4S/c1-24(2,14-35-19-9-5-7-17-21(19)22(25)30-36(33,34)29-17)28-23(32)15-10-11-26-20(12-15)31-18-8-4-3-6-16(18)13-27-31/h3-13,29,33-34H,14H2,1-2H3,(H2,25,30)(H,28,32). The number of fused-ring (bicyclic) bond motifs is 2. The van der Waals surface area contributed by atoms with Gasteiger partial charge in [-0.05, 0) is 55.1 Å². The Bertz CT molecular complexity index is 1500. The van der Waals surface area contributed by atoms with Gasteiger partial charge in [0.2, 0.25) is 0 Å². The van der Waals surface area contributed by atoms with Crippen molar-refractivity contribution < 1.29 is 18.6 Å². The highest BCUT2D eigenvalue weighted by molar-refractivity contribution is 8.24. The van der Waals surface area contributed by atoms with E-state index >= 15 is 0 Å². The van der Waals surface area contributed by atoms with Crippen molar-refractivity contribution in [2.45, 2.75) is 19.4 Å². The largest absolute Gasteiger partial charge is 0.490 e. The summed E-state index contributed by atoms with van der Waals surface area (Å²) in [4.78, 5) is 17.5. The highest BCUT2D eigenvalue weighted by atomic mass is 32.3. The zero-order valence-electron chi connectivity index (χ0n) is 19.5. The van der Waals surface area contributed by atoms with Crippen molar-refractivity contribution in [2.24, 2.45) is 10.1 Å². The van der Waals surface area contributed by atoms with Crippen LogP contribution in [-0.2, 0) is 0 Å². The number of nitrogens with zero attached hydrogens (tertiary/aromatic N) is 4. The molecule has 2 aromatic carbocycles. The highest BCUT2D eigenvalue weighted by Gasteiger charge is 2.27. The van der Waals surface area contributed by atoms with Crippen LogP contribution in [0.5, 0.6) is 5.75 Å². The van der Waals surface area contributed by atoms with E-state index in [4.69, 9.17) is 10.5 Å². The minimum absolute atomic E-state index is 0.0448. The van der Waals surface area contributed by atoms with Crippen LogP contribution in [0.4, 0.5) is 5.69 Å². The molecule has 0 unspecified atom stereocenters. The minimum Gasteiger partial charge on any atom is -0.490 e. The summed E-state index contributed by atoms with van der Waals surface area (Å²) in [5.74, 6) is 0.587. The molecule has 0 radical (unpaired) electrons. The molecular weight excluding hydrogens is 482 g/mol. The monoisotopic (exact) mass is 507 g/mol. The summed E-state index contributed by atoms with van der Waals surface area (Å²) in [5, 5.41) is 8.36. The maximum Gasteiger partial charge on any atom is 0.252 e. The second kappa shape index (κ2) is 8.82. The third-order valence-corrected chi connectivity index (χ3v) is 6.44. The lowest BCUT2D eigenvalue weighted by Gasteiger charge is -2.34. The lowest BCUT2D eigenvalue weighted by atomic mass is 10.1. The van der Waals surface area contributed by atoms with Gasteiger partial charge in [-0.25, -0.2) is 9.67 Å². The second-order valence-electron chi connectivity index (χ2n) is 8.92. The first-order valence-corrected chi connectivity index (χ1v) is 12.5. The Morgan fingerprint density at radius 3 is 2.83 bits per heavy atom. The number of amidine groups is 1. The fourth-order valence-corrected chi connectivity index (χ4v) is 4.73. The van der Waals surface area contributed by atoms with Gasteiger partial charge in [0.05, 0.1) is 28.5 Å². The van der Waals surface area contributed by atoms with Crippen LogP contribution in [-0.4, -0.2) is 47.8 Å². The van der Waals surface area contributed by atoms with E-state index in [2.05, 4.69) is 24.5 Å². The van der Waals surface area contributed by atoms with Crippen LogP contribution >= 0.6 is 11.0 Å². The summed E-state index contributed by atoms with van der Waals surface area (Å²) in [5.41, 5.74) is 7.33. The van der Waals surface area contributed by atoms with E-state index in [0.717, 1.165) is 10.9 Å². The summed E-state index contributed by atoms with van der Waals surface area (Å²) < 4.78 is 33.6. The Kier molecular flexibility index (Phi) is 5.79. The van der Waals surface area contributed by atoms with Crippen molar-refractivity contribution in [3.05, 3.63) is 78.1 Å². The lowest BCUT2D eigenvalue weighted by Crippen LogP contribution is -2.48. The number of hydrogen-bond donors (Lipinski definition) is 5. The normalized spacial score (nSPS) is 15.4. The number of amides is 1. The second-order valence-corrected chi connectivity index (χ2v) is 10.3. The van der Waals surface area contributed by atoms with Crippen molar-refractivity contribution in [2.75, 3.05) is 11.3 Å². The van der Waals surface area contributed by atoms with E-state index < -0.39 is 16.5 Å². The van der Waals surface area contributed by atoms with Crippen LogP contribution in [0.1, 0.15) is 29.8 Å². The maximum atomic E-state index is 13.1. The Morgan fingerprint density at radius 1 is 1.19 bits per heavy atom. The predicted octanol–water partition coefficient (Wildman–Crippen LogP) is 3.72. The Hall–Kier alpha value is -4.13. The van der Waals surface area contributed by atoms with Crippen molar-refractivity contribution in [3.8, 4) is 11.6 Å². The smallest absolute Gasteiger partial charge is 0.252 e. The van der Waals surface area contributed by atoms with Crippen LogP contribution < -0.4 is 20.5 Å². The van der Waals surface area contributed by atoms with Gasteiger partial charge in [-0.2, -0.15) is 5.10 Å². The SMILES string of the molecule is CC(C)(COc1cccc2c1C(N)=NS(O)(O)N2)NC(=O)c1ccnc(-n2ncc3ccccc32)c1. The molecule has 0 spiro atoms. The molecule has 1 aliphatic heterocycles. The van der Waals surface area contributed by atoms with E-state index in [-0.39, 0.29) is 18.3 Å². The van der Waals surface area contributed by atoms with Gasteiger partial charge in [0.25, 0.3) is 5.91 Å². The zero-order valence-corrected chi connectivity index (χ0v) is 20.4. The van der Waals surface area contributed by atoms with Gasteiger partial charge in [-0.1, -0.05) is 24.3 Å². The van der Waals surface area contributed by atoms with Gasteiger partial charge in [0.1, 0.15) is 12.4 Å². The highest BCUT2D eigenvalue weighted by Crippen LogP contribution is 2.46. The molecule has 0 aliphatic carbocycles. The van der Waals surface area contributed by atoms with Gasteiger partial charge >= 0.3 is 0 Å². The molecule has 6 N–H and O–H groups in total. The molecule has 1 amide bonds. The molecule has 0 bridgehead atoms. The number of ether oxygens (including phenoxy) is 1. The van der Waals surface area contributed by atoms with Crippen LogP contribution in [0.15, 0.2) is 71.4 Å². The lowest BCUT2D eigenvalue weighted by molar-refractivity contribution is 0.0880. The first-order valence-electron chi connectivity index (χ1n) is 11.0. The molecule has 12 heteroatoms. The van der Waals surface area contributed by atoms with Crippen molar-refractivity contribution in [3.63, 3.8) is 0 Å². The third-order valence-electron chi connectivity index (χ3n) is 5.50. The van der Waals surface area contributed by atoms with Crippen LogP contribution in [0.25, 0.3) is 16.7 Å². The minimum atomic E-state index is -3.40. The van der Waals surface area contributed by atoms with Crippen LogP contribution in [0.2, 0.25) is 0 Å². The number of benzene rings is 2. The topological polar surface area (TPSA) is 160 Å². The number of aromatic nitrogens is 3. The zero-order chi connectivity index (χ0) is 25.5. The average Bonchev–Trinajstić information content (AvgIpc) is 3.26. The number of nitrogens with one attached hydrogen (secondary N) is 2. The molecule has 186 valence electrons. The maximum absolute atomic E-state index is 13.1. The Balaban J connectivity index is 1.31. The van der Waals surface area contributed by atoms with Gasteiger partial charge in [-0.15, -0.1) is 4.40 Å². The summed E-state index contributed by atoms with van der Waals surface area (Å²) in [6.45, 7) is 3.77. The predicted molar refractivity (Wildman–Crippen MR) is 140 cm³/mol. The summed E-state index contributed by atoms with van der Waals surface area (Å²) >= 11 is 0. The van der Waals surface area contributed by atoms with Crippen molar-refractivity contribution >= 4 is 39.3 Å². The molecule has 0 atom stereocenters. The fraction of sp³-hybridized carbons (Fsp3) is 0.167. The molecule has 0 saturated heterocycles. The average molecular weight is 508 g/mol. The third kappa shape index (κ3) is 4.69. The van der Waals surface area contributed by atoms with Gasteiger partial charge in [0, 0.05) is 17.1 Å². The number of anilines is 1. The molecule has 5 rings (SSSR count). The van der Waals surface area contributed by atoms with E-state index in [0.29, 0.717) is 28.4 Å². The van der Waals surface area contributed by atoms with Crippen molar-refractivity contribution in [1.82, 2.24) is 20.1 Å². The summed E-state index contributed by atoms with van der Waals surface area (Å²) in [6, 6.07) is 16.1. The van der Waals surface area contributed by atoms with Gasteiger partial charge in [0.15, 0.2) is 11.7 Å². The number of nitrogens with two attached hydrogens (primary N) is 1. The molecule has 0 saturated carbocycles. The number of rotatable bonds is 6. The molecule has 3 heterocycles. The van der Waals surface area contributed by atoms with E-state index in [1.165, 1.54) is 0 Å². The molecule has 0 fully saturated rings. The number of pyridine rings is 1. The van der Waals surface area contributed by atoms with E-state index in [9.17, 15) is 13.9 Å². The van der Waals surface area contributed by atoms with Crippen LogP contribution in [0, 0.1) is 0 Å². The number of hydrogen-bond acceptors (Lipinski definition) is 9. The van der Waals surface area contributed by atoms with Gasteiger partial charge < -0.3 is 15.8 Å². The molecule has 2 aromatic heterocycles. The van der Waals surface area contributed by atoms with Crippen molar-refractivity contribution in [1.29, 1.82) is 0 Å². The molecule has 11 nitrogen and oxygen atoms in total. The first-order chi connectivity index (χ1) is 17.1. The van der Waals surface area contributed by atoms with Crippen LogP contribution in [0.3, 0.4) is 0 Å². The molecule has 36 heavy (non-hydrogen) atoms. The fourth-order valence-electron chi connectivity index (χ4n) is 3.86. The Morgan fingerprint density at radius 2 is 2.00 bits per heavy atom.